The second-order valence-electron chi connectivity index (χ2n) is 18.5. The Morgan fingerprint density at radius 3 is 1.99 bits per heavy atom. The summed E-state index contributed by atoms with van der Waals surface area (Å²) >= 11 is 0. The molecule has 2 atom stereocenters. The van der Waals surface area contributed by atoms with E-state index >= 15 is 0 Å². The number of aliphatic hydroxyl groups is 1. The van der Waals surface area contributed by atoms with Gasteiger partial charge >= 0.3 is 11.9 Å². The lowest BCUT2D eigenvalue weighted by Gasteiger charge is -2.26. The molecule has 2 fully saturated rings. The standard InChI is InChI=1S/C28H38N2O4.C27H36N2O5/c1-21-16-22(2)27-24(17-21)18-25(14-10-5-3-4-6-11-15-33-28(27)32)30-34-20-26(31)29-19-23-12-8-7-9-13-23;1-19-15-20(2)26-22(16-19)17-23(28-33-18-25(31)29-13-5-4-6-14-29)10-8-12-24(30)11-7-9-21(3)34-27(26)32/h4,6,10,14,16-17,23H,3,5,7-9,11-13,15,18-20H2,1-2H3,(H,29,31);7-8,10-11,15-16,21,24,30H,4-6,9,12-14,17-18H2,1-3H3/b6-4+,14-10+,30-25?;10-8+,11-7+,28-23-/t;21-,24-/m.1/s1. The molecule has 0 aromatic heterocycles. The van der Waals surface area contributed by atoms with Crippen molar-refractivity contribution in [3.63, 3.8) is 0 Å². The Balaban J connectivity index is 0.000000254. The van der Waals surface area contributed by atoms with E-state index < -0.39 is 6.10 Å². The average molecular weight is 935 g/mol. The summed E-state index contributed by atoms with van der Waals surface area (Å²) < 4.78 is 11.2. The molecular formula is C55H74N4O9. The minimum absolute atomic E-state index is 0.0702. The third kappa shape index (κ3) is 18.3. The number of piperidine rings is 1. The molecule has 2 amide bonds. The lowest BCUT2D eigenvalue weighted by atomic mass is 9.89. The first-order valence-corrected chi connectivity index (χ1v) is 24.7. The Hall–Kier alpha value is -5.82. The van der Waals surface area contributed by atoms with E-state index in [2.05, 4.69) is 27.8 Å². The number of aryl methyl sites for hydroxylation is 4. The smallest absolute Gasteiger partial charge is 0.338 e. The number of benzene rings is 2. The zero-order valence-electron chi connectivity index (χ0n) is 41.1. The van der Waals surface area contributed by atoms with Gasteiger partial charge in [-0.05, 0) is 133 Å². The number of carbonyl (C=O) groups is 4. The maximum absolute atomic E-state index is 13.0. The van der Waals surface area contributed by atoms with Crippen molar-refractivity contribution in [2.24, 2.45) is 16.2 Å². The van der Waals surface area contributed by atoms with E-state index in [1.165, 1.54) is 32.1 Å². The fourth-order valence-electron chi connectivity index (χ4n) is 8.97. The molecule has 1 saturated heterocycles. The number of allylic oxidation sites excluding steroid dienone is 4. The largest absolute Gasteiger partial charge is 0.462 e. The second kappa shape index (κ2) is 28.5. The maximum Gasteiger partial charge on any atom is 0.338 e. The van der Waals surface area contributed by atoms with Gasteiger partial charge in [0.15, 0.2) is 13.2 Å². The highest BCUT2D eigenvalue weighted by Gasteiger charge is 2.22. The summed E-state index contributed by atoms with van der Waals surface area (Å²) in [5.74, 6) is -0.345. The van der Waals surface area contributed by atoms with Gasteiger partial charge in [0.1, 0.15) is 6.10 Å². The topological polar surface area (TPSA) is 165 Å². The molecule has 368 valence electrons. The van der Waals surface area contributed by atoms with E-state index in [0.717, 1.165) is 78.6 Å². The first-order valence-electron chi connectivity index (χ1n) is 24.7. The van der Waals surface area contributed by atoms with Crippen LogP contribution in [0, 0.1) is 33.6 Å². The van der Waals surface area contributed by atoms with Gasteiger partial charge in [0.2, 0.25) is 0 Å². The number of carbonyl (C=O) groups excluding carboxylic acids is 4. The van der Waals surface area contributed by atoms with Gasteiger partial charge in [0, 0.05) is 38.9 Å². The summed E-state index contributed by atoms with van der Waals surface area (Å²) in [6, 6.07) is 7.90. The van der Waals surface area contributed by atoms with Crippen LogP contribution in [0.4, 0.5) is 0 Å². The number of nitrogens with one attached hydrogen (secondary N) is 1. The van der Waals surface area contributed by atoms with Crippen molar-refractivity contribution in [1.82, 2.24) is 10.2 Å². The third-order valence-electron chi connectivity index (χ3n) is 12.4. The van der Waals surface area contributed by atoms with Crippen LogP contribution in [0.25, 0.3) is 0 Å². The summed E-state index contributed by atoms with van der Waals surface area (Å²) in [5.41, 5.74) is 7.80. The van der Waals surface area contributed by atoms with Crippen molar-refractivity contribution >= 4 is 35.2 Å². The molecule has 0 unspecified atom stereocenters. The second-order valence-corrected chi connectivity index (χ2v) is 18.5. The molecule has 3 heterocycles. The van der Waals surface area contributed by atoms with Crippen molar-refractivity contribution in [3.05, 3.63) is 117 Å². The molecular weight excluding hydrogens is 861 g/mol. The Morgan fingerprint density at radius 1 is 0.721 bits per heavy atom. The highest BCUT2D eigenvalue weighted by molar-refractivity contribution is 6.01. The summed E-state index contributed by atoms with van der Waals surface area (Å²) in [7, 11) is 0. The zero-order valence-corrected chi connectivity index (χ0v) is 41.1. The van der Waals surface area contributed by atoms with Crippen molar-refractivity contribution in [2.45, 2.75) is 143 Å². The molecule has 13 nitrogen and oxygen atoms in total. The van der Waals surface area contributed by atoms with Crippen LogP contribution in [0.2, 0.25) is 0 Å². The number of cyclic esters (lactones) is 2. The highest BCUT2D eigenvalue weighted by Crippen LogP contribution is 2.24. The normalized spacial score (nSPS) is 23.1. The molecule has 3 aliphatic heterocycles. The number of hydrogen-bond donors (Lipinski definition) is 2. The van der Waals surface area contributed by atoms with Gasteiger partial charge in [0.05, 0.1) is 35.3 Å². The van der Waals surface area contributed by atoms with Crippen molar-refractivity contribution < 1.29 is 43.4 Å². The van der Waals surface area contributed by atoms with Gasteiger partial charge in [-0.25, -0.2) is 9.59 Å². The van der Waals surface area contributed by atoms with E-state index in [9.17, 15) is 24.3 Å². The van der Waals surface area contributed by atoms with E-state index in [-0.39, 0.29) is 43.1 Å². The number of hydrogen-bond acceptors (Lipinski definition) is 11. The average Bonchev–Trinajstić information content (AvgIpc) is 3.30. The zero-order chi connectivity index (χ0) is 48.7. The SMILES string of the molecule is Cc1cc(C)c2c(c1)CC(=NOCC(=O)NCC1CCCCC1)/C=C/CC/C=C/CCOC2=O.Cc1cc(C)c2c(c1)CC(=N\OCC(=O)N1CCCCC1)/C=C/C[C@H](O)/C=C/C[C@@H](C)OC2=O. The first-order chi connectivity index (χ1) is 32.9. The Labute approximate surface area is 403 Å². The van der Waals surface area contributed by atoms with Crippen molar-refractivity contribution in [2.75, 3.05) is 39.5 Å². The van der Waals surface area contributed by atoms with Crippen LogP contribution in [0.15, 0.2) is 83.2 Å². The van der Waals surface area contributed by atoms with Crippen LogP contribution >= 0.6 is 0 Å². The lowest BCUT2D eigenvalue weighted by Crippen LogP contribution is -2.37. The summed E-state index contributed by atoms with van der Waals surface area (Å²) in [5, 5.41) is 21.7. The fraction of sp³-hybridized carbons (Fsp3) is 0.527. The predicted octanol–water partition coefficient (Wildman–Crippen LogP) is 9.41. The van der Waals surface area contributed by atoms with E-state index in [0.29, 0.717) is 73.7 Å². The van der Waals surface area contributed by atoms with Crippen LogP contribution in [0.5, 0.6) is 0 Å². The van der Waals surface area contributed by atoms with Crippen LogP contribution in [-0.4, -0.2) is 96.8 Å². The number of amides is 2. The van der Waals surface area contributed by atoms with Crippen molar-refractivity contribution in [3.8, 4) is 0 Å². The van der Waals surface area contributed by atoms with E-state index in [4.69, 9.17) is 19.1 Å². The summed E-state index contributed by atoms with van der Waals surface area (Å²) in [4.78, 5) is 63.3. The minimum Gasteiger partial charge on any atom is -0.462 e. The molecule has 2 N–H and O–H groups in total. The monoisotopic (exact) mass is 935 g/mol. The molecule has 1 saturated carbocycles. The number of aliphatic hydroxyl groups excluding tert-OH is 1. The van der Waals surface area contributed by atoms with Crippen LogP contribution in [-0.2, 0) is 41.6 Å². The van der Waals surface area contributed by atoms with Crippen LogP contribution < -0.4 is 5.32 Å². The molecule has 0 radical (unpaired) electrons. The van der Waals surface area contributed by atoms with Gasteiger partial charge in [-0.2, -0.15) is 0 Å². The highest BCUT2D eigenvalue weighted by atomic mass is 16.6. The summed E-state index contributed by atoms with van der Waals surface area (Å²) in [6.07, 6.45) is 27.8. The predicted molar refractivity (Wildman–Crippen MR) is 267 cm³/mol. The van der Waals surface area contributed by atoms with E-state index in [1.54, 1.807) is 12.2 Å². The third-order valence-corrected chi connectivity index (χ3v) is 12.4. The number of fused-ring (bicyclic) bond motifs is 2. The quantitative estimate of drug-likeness (QED) is 0.149. The molecule has 13 heteroatoms. The molecule has 2 aromatic rings. The molecule has 6 rings (SSSR count). The number of ether oxygens (including phenoxy) is 2. The number of rotatable bonds is 8. The fourth-order valence-corrected chi connectivity index (χ4v) is 8.97. The van der Waals surface area contributed by atoms with Gasteiger partial charge in [-0.3, -0.25) is 9.59 Å². The van der Waals surface area contributed by atoms with Crippen LogP contribution in [0.3, 0.4) is 0 Å². The number of esters is 2. The molecule has 0 spiro atoms. The molecule has 2 aromatic carbocycles. The first kappa shape index (κ1) is 53.1. The summed E-state index contributed by atoms with van der Waals surface area (Å²) in [6.45, 7) is 12.0. The van der Waals surface area contributed by atoms with Crippen molar-refractivity contribution in [1.29, 1.82) is 0 Å². The van der Waals surface area contributed by atoms with Gasteiger partial charge in [-0.15, -0.1) is 0 Å². The number of likely N-dealkylation sites (tertiary alicyclic amines) is 1. The molecule has 0 bridgehead atoms. The maximum atomic E-state index is 13.0. The molecule has 68 heavy (non-hydrogen) atoms. The molecule has 1 aliphatic carbocycles. The lowest BCUT2D eigenvalue weighted by molar-refractivity contribution is -0.137. The molecule has 4 aliphatic rings. The minimum atomic E-state index is -0.651. The Bertz CT molecular complexity index is 2190. The van der Waals surface area contributed by atoms with E-state index in [1.807, 2.05) is 88.1 Å². The van der Waals surface area contributed by atoms with Gasteiger partial charge in [0.25, 0.3) is 11.8 Å². The number of oxime groups is 2. The van der Waals surface area contributed by atoms with Gasteiger partial charge in [-0.1, -0.05) is 101 Å². The van der Waals surface area contributed by atoms with Crippen LogP contribution in [0.1, 0.15) is 144 Å². The number of nitrogens with zero attached hydrogens (tertiary/aromatic N) is 3. The van der Waals surface area contributed by atoms with Gasteiger partial charge < -0.3 is 34.5 Å². The Kier molecular flexibility index (Phi) is 22.3. The Morgan fingerprint density at radius 2 is 1.31 bits per heavy atom.